The summed E-state index contributed by atoms with van der Waals surface area (Å²) in [5.41, 5.74) is 2.34. The maximum absolute atomic E-state index is 10.7. The molecule has 0 saturated carbocycles. The SMILES string of the molecule is Cc1c(O)cc2c(c1C)O[C@](C)(CCC(=O)O)CC2. The summed E-state index contributed by atoms with van der Waals surface area (Å²) in [7, 11) is 0. The Morgan fingerprint density at radius 3 is 2.74 bits per heavy atom. The van der Waals surface area contributed by atoms with Crippen LogP contribution >= 0.6 is 0 Å². The number of carbonyl (C=O) groups is 1. The Labute approximate surface area is 113 Å². The summed E-state index contributed by atoms with van der Waals surface area (Å²) in [6, 6.07) is 1.76. The van der Waals surface area contributed by atoms with Crippen molar-refractivity contribution in [2.24, 2.45) is 0 Å². The zero-order valence-corrected chi connectivity index (χ0v) is 11.6. The van der Waals surface area contributed by atoms with Crippen molar-refractivity contribution in [1.82, 2.24) is 0 Å². The van der Waals surface area contributed by atoms with E-state index in [2.05, 4.69) is 0 Å². The molecule has 1 heterocycles. The number of phenols is 1. The van der Waals surface area contributed by atoms with Gasteiger partial charge in [0.1, 0.15) is 17.1 Å². The summed E-state index contributed by atoms with van der Waals surface area (Å²) in [5.74, 6) is 0.317. The van der Waals surface area contributed by atoms with Crippen LogP contribution < -0.4 is 4.74 Å². The fourth-order valence-corrected chi connectivity index (χ4v) is 2.51. The van der Waals surface area contributed by atoms with Gasteiger partial charge in [0.25, 0.3) is 0 Å². The molecule has 0 bridgehead atoms. The lowest BCUT2D eigenvalue weighted by Crippen LogP contribution is -2.37. The Morgan fingerprint density at radius 1 is 1.42 bits per heavy atom. The van der Waals surface area contributed by atoms with Crippen molar-refractivity contribution in [3.8, 4) is 11.5 Å². The van der Waals surface area contributed by atoms with Gasteiger partial charge < -0.3 is 14.9 Å². The lowest BCUT2D eigenvalue weighted by atomic mass is 9.87. The number of aromatic hydroxyl groups is 1. The lowest BCUT2D eigenvalue weighted by Gasteiger charge is -2.37. The summed E-state index contributed by atoms with van der Waals surface area (Å²) < 4.78 is 6.06. The number of aliphatic carboxylic acids is 1. The van der Waals surface area contributed by atoms with Crippen LogP contribution in [0.1, 0.15) is 42.9 Å². The summed E-state index contributed by atoms with van der Waals surface area (Å²) in [5, 5.41) is 18.6. The van der Waals surface area contributed by atoms with E-state index in [-0.39, 0.29) is 6.42 Å². The first kappa shape index (κ1) is 13.7. The number of aryl methyl sites for hydroxylation is 1. The van der Waals surface area contributed by atoms with E-state index in [1.165, 1.54) is 0 Å². The van der Waals surface area contributed by atoms with Crippen LogP contribution in [0.3, 0.4) is 0 Å². The Kier molecular flexibility index (Phi) is 3.43. The van der Waals surface area contributed by atoms with Crippen molar-refractivity contribution in [1.29, 1.82) is 0 Å². The number of hydrogen-bond acceptors (Lipinski definition) is 3. The van der Waals surface area contributed by atoms with Crippen LogP contribution in [0.2, 0.25) is 0 Å². The van der Waals surface area contributed by atoms with E-state index in [1.807, 2.05) is 20.8 Å². The number of fused-ring (bicyclic) bond motifs is 1. The first-order chi connectivity index (χ1) is 8.82. The molecule has 1 aromatic carbocycles. The van der Waals surface area contributed by atoms with E-state index in [1.54, 1.807) is 6.07 Å². The number of carboxylic acid groups (broad SMARTS) is 1. The van der Waals surface area contributed by atoms with Crippen LogP contribution in [0.5, 0.6) is 11.5 Å². The predicted octanol–water partition coefficient (Wildman–Crippen LogP) is 2.96. The largest absolute Gasteiger partial charge is 0.508 e. The van der Waals surface area contributed by atoms with Crippen LogP contribution in [0.25, 0.3) is 0 Å². The zero-order valence-electron chi connectivity index (χ0n) is 11.6. The summed E-state index contributed by atoms with van der Waals surface area (Å²) in [6.45, 7) is 5.74. The number of rotatable bonds is 3. The maximum atomic E-state index is 10.7. The molecule has 104 valence electrons. The molecule has 0 aromatic heterocycles. The van der Waals surface area contributed by atoms with Crippen molar-refractivity contribution in [2.75, 3.05) is 0 Å². The highest BCUT2D eigenvalue weighted by molar-refractivity contribution is 5.66. The molecule has 1 aliphatic heterocycles. The third-order valence-electron chi connectivity index (χ3n) is 4.03. The molecule has 1 aliphatic rings. The fraction of sp³-hybridized carbons (Fsp3) is 0.533. The number of benzene rings is 1. The quantitative estimate of drug-likeness (QED) is 0.880. The molecule has 0 fully saturated rings. The monoisotopic (exact) mass is 264 g/mol. The standard InChI is InChI=1S/C15H20O4/c1-9-10(2)14-11(8-12(9)16)4-6-15(3,19-14)7-5-13(17)18/h8,16H,4-7H2,1-3H3,(H,17,18)/t15-/m0/s1. The molecular formula is C15H20O4. The zero-order chi connectivity index (χ0) is 14.2. The third kappa shape index (κ3) is 2.67. The van der Waals surface area contributed by atoms with Gasteiger partial charge in [0.2, 0.25) is 0 Å². The van der Waals surface area contributed by atoms with E-state index >= 15 is 0 Å². The van der Waals surface area contributed by atoms with Gasteiger partial charge in [-0.3, -0.25) is 4.79 Å². The molecule has 0 radical (unpaired) electrons. The van der Waals surface area contributed by atoms with Gasteiger partial charge in [-0.25, -0.2) is 0 Å². The first-order valence-electron chi connectivity index (χ1n) is 6.55. The molecular weight excluding hydrogens is 244 g/mol. The molecule has 2 N–H and O–H groups in total. The fourth-order valence-electron chi connectivity index (χ4n) is 2.51. The molecule has 0 saturated heterocycles. The van der Waals surface area contributed by atoms with Gasteiger partial charge in [-0.05, 0) is 62.8 Å². The smallest absolute Gasteiger partial charge is 0.303 e. The third-order valence-corrected chi connectivity index (χ3v) is 4.03. The average molecular weight is 264 g/mol. The molecule has 0 aliphatic carbocycles. The van der Waals surface area contributed by atoms with Crippen molar-refractivity contribution >= 4 is 5.97 Å². The van der Waals surface area contributed by atoms with Gasteiger partial charge >= 0.3 is 5.97 Å². The summed E-state index contributed by atoms with van der Waals surface area (Å²) >= 11 is 0. The Morgan fingerprint density at radius 2 is 2.11 bits per heavy atom. The van der Waals surface area contributed by atoms with Crippen molar-refractivity contribution in [2.45, 2.75) is 52.1 Å². The number of ether oxygens (including phenoxy) is 1. The van der Waals surface area contributed by atoms with E-state index in [0.717, 1.165) is 35.3 Å². The van der Waals surface area contributed by atoms with Gasteiger partial charge in [0.15, 0.2) is 0 Å². The number of phenolic OH excluding ortho intramolecular Hbond substituents is 1. The van der Waals surface area contributed by atoms with E-state index in [4.69, 9.17) is 9.84 Å². The normalized spacial score (nSPS) is 21.6. The second-order valence-corrected chi connectivity index (χ2v) is 5.58. The van der Waals surface area contributed by atoms with Crippen molar-refractivity contribution in [3.63, 3.8) is 0 Å². The van der Waals surface area contributed by atoms with Gasteiger partial charge in [0, 0.05) is 6.42 Å². The second kappa shape index (κ2) is 4.76. The van der Waals surface area contributed by atoms with Gasteiger partial charge in [0.05, 0.1) is 0 Å². The molecule has 4 heteroatoms. The highest BCUT2D eigenvalue weighted by Gasteiger charge is 2.33. The lowest BCUT2D eigenvalue weighted by molar-refractivity contribution is -0.138. The van der Waals surface area contributed by atoms with Crippen LogP contribution in [-0.2, 0) is 11.2 Å². The van der Waals surface area contributed by atoms with Crippen molar-refractivity contribution < 1.29 is 19.7 Å². The molecule has 4 nitrogen and oxygen atoms in total. The summed E-state index contributed by atoms with van der Waals surface area (Å²) in [4.78, 5) is 10.7. The molecule has 2 rings (SSSR count). The second-order valence-electron chi connectivity index (χ2n) is 5.58. The Balaban J connectivity index is 2.28. The van der Waals surface area contributed by atoms with Crippen LogP contribution in [0.15, 0.2) is 6.07 Å². The average Bonchev–Trinajstić information content (AvgIpc) is 2.35. The van der Waals surface area contributed by atoms with E-state index in [0.29, 0.717) is 12.2 Å². The summed E-state index contributed by atoms with van der Waals surface area (Å²) in [6.07, 6.45) is 2.19. The minimum atomic E-state index is -0.797. The highest BCUT2D eigenvalue weighted by Crippen LogP contribution is 2.41. The highest BCUT2D eigenvalue weighted by atomic mass is 16.5. The van der Waals surface area contributed by atoms with Crippen molar-refractivity contribution in [3.05, 3.63) is 22.8 Å². The van der Waals surface area contributed by atoms with Gasteiger partial charge in [-0.15, -0.1) is 0 Å². The number of hydrogen-bond donors (Lipinski definition) is 2. The van der Waals surface area contributed by atoms with E-state index in [9.17, 15) is 9.90 Å². The molecule has 0 unspecified atom stereocenters. The Bertz CT molecular complexity index is 521. The number of carboxylic acids is 1. The Hall–Kier alpha value is -1.71. The first-order valence-corrected chi connectivity index (χ1v) is 6.55. The van der Waals surface area contributed by atoms with E-state index < -0.39 is 11.6 Å². The molecule has 1 atom stereocenters. The minimum Gasteiger partial charge on any atom is -0.508 e. The van der Waals surface area contributed by atoms with Crippen LogP contribution in [0.4, 0.5) is 0 Å². The van der Waals surface area contributed by atoms with Crippen LogP contribution in [-0.4, -0.2) is 21.8 Å². The topological polar surface area (TPSA) is 66.8 Å². The van der Waals surface area contributed by atoms with Gasteiger partial charge in [-0.2, -0.15) is 0 Å². The minimum absolute atomic E-state index is 0.113. The molecule has 1 aromatic rings. The molecule has 0 amide bonds. The van der Waals surface area contributed by atoms with Crippen LogP contribution in [0, 0.1) is 13.8 Å². The molecule has 0 spiro atoms. The predicted molar refractivity (Wildman–Crippen MR) is 71.8 cm³/mol. The maximum Gasteiger partial charge on any atom is 0.303 e. The molecule has 19 heavy (non-hydrogen) atoms. The van der Waals surface area contributed by atoms with Gasteiger partial charge in [-0.1, -0.05) is 0 Å².